The Kier molecular flexibility index (Phi) is 8.24. The number of rotatable bonds is 10. The van der Waals surface area contributed by atoms with Crippen LogP contribution in [0.4, 0.5) is 11.4 Å². The highest BCUT2D eigenvalue weighted by molar-refractivity contribution is 7.09. The summed E-state index contributed by atoms with van der Waals surface area (Å²) in [4.78, 5) is 27.6. The van der Waals surface area contributed by atoms with E-state index in [1.54, 1.807) is 36.6 Å². The fourth-order valence-corrected chi connectivity index (χ4v) is 4.09. The molecule has 8 heteroatoms. The van der Waals surface area contributed by atoms with E-state index in [2.05, 4.69) is 21.6 Å². The monoisotopic (exact) mass is 453 g/mol. The largest absolute Gasteiger partial charge is 0.496 e. The Morgan fingerprint density at radius 2 is 1.72 bits per heavy atom. The second kappa shape index (κ2) is 11.3. The standard InChI is InChI=1S/C24H27N3O4S/c1-17(28)25-19-10-11-23(31-3)21(13-19)26-24(29)16-27(15-20-8-6-12-32-20)14-18-7-4-5-9-22(18)30-2/h4-13H,14-16H2,1-3H3,(H,25,28)(H,26,29). The Morgan fingerprint density at radius 1 is 0.938 bits per heavy atom. The van der Waals surface area contributed by atoms with Crippen LogP contribution in [0.15, 0.2) is 60.0 Å². The number of anilines is 2. The summed E-state index contributed by atoms with van der Waals surface area (Å²) < 4.78 is 10.8. The predicted octanol–water partition coefficient (Wildman–Crippen LogP) is 4.36. The molecular weight excluding hydrogens is 426 g/mol. The first kappa shape index (κ1) is 23.3. The Hall–Kier alpha value is -3.36. The lowest BCUT2D eigenvalue weighted by molar-refractivity contribution is -0.117. The summed E-state index contributed by atoms with van der Waals surface area (Å²) in [7, 11) is 3.18. The number of ether oxygens (including phenoxy) is 2. The lowest BCUT2D eigenvalue weighted by Gasteiger charge is -2.23. The third kappa shape index (κ3) is 6.57. The maximum Gasteiger partial charge on any atom is 0.238 e. The molecule has 0 fully saturated rings. The molecule has 0 aliphatic heterocycles. The van der Waals surface area contributed by atoms with Crippen molar-refractivity contribution >= 4 is 34.5 Å². The highest BCUT2D eigenvalue weighted by atomic mass is 32.1. The topological polar surface area (TPSA) is 79.9 Å². The van der Waals surface area contributed by atoms with Gasteiger partial charge in [0.15, 0.2) is 0 Å². The van der Waals surface area contributed by atoms with Gasteiger partial charge in [0.05, 0.1) is 26.5 Å². The van der Waals surface area contributed by atoms with Crippen molar-refractivity contribution < 1.29 is 19.1 Å². The van der Waals surface area contributed by atoms with Crippen molar-refractivity contribution in [1.29, 1.82) is 0 Å². The fourth-order valence-electron chi connectivity index (χ4n) is 3.34. The number of para-hydroxylation sites is 1. The van der Waals surface area contributed by atoms with Crippen LogP contribution >= 0.6 is 11.3 Å². The Bertz CT molecular complexity index is 1050. The summed E-state index contributed by atoms with van der Waals surface area (Å²) >= 11 is 1.65. The maximum atomic E-state index is 13.0. The molecule has 1 aromatic heterocycles. The van der Waals surface area contributed by atoms with Crippen molar-refractivity contribution in [2.75, 3.05) is 31.4 Å². The van der Waals surface area contributed by atoms with Crippen molar-refractivity contribution in [3.8, 4) is 11.5 Å². The van der Waals surface area contributed by atoms with Crippen LogP contribution in [0.1, 0.15) is 17.4 Å². The number of carbonyl (C=O) groups is 2. The van der Waals surface area contributed by atoms with Gasteiger partial charge in [-0.3, -0.25) is 14.5 Å². The van der Waals surface area contributed by atoms with Crippen LogP contribution < -0.4 is 20.1 Å². The van der Waals surface area contributed by atoms with E-state index >= 15 is 0 Å². The molecule has 7 nitrogen and oxygen atoms in total. The van der Waals surface area contributed by atoms with E-state index in [0.29, 0.717) is 30.2 Å². The fraction of sp³-hybridized carbons (Fsp3) is 0.250. The average molecular weight is 454 g/mol. The minimum atomic E-state index is -0.189. The normalized spacial score (nSPS) is 10.6. The number of hydrogen-bond acceptors (Lipinski definition) is 6. The molecule has 2 aromatic carbocycles. The highest BCUT2D eigenvalue weighted by Gasteiger charge is 2.16. The van der Waals surface area contributed by atoms with E-state index in [9.17, 15) is 9.59 Å². The molecule has 0 unspecified atom stereocenters. The summed E-state index contributed by atoms with van der Waals surface area (Å²) in [6.45, 7) is 2.79. The van der Waals surface area contributed by atoms with E-state index in [-0.39, 0.29) is 18.4 Å². The number of hydrogen-bond donors (Lipinski definition) is 2. The number of benzene rings is 2. The second-order valence-corrected chi connectivity index (χ2v) is 8.21. The Morgan fingerprint density at radius 3 is 2.41 bits per heavy atom. The van der Waals surface area contributed by atoms with Crippen LogP contribution in [0.2, 0.25) is 0 Å². The molecule has 32 heavy (non-hydrogen) atoms. The van der Waals surface area contributed by atoms with Gasteiger partial charge in [0.1, 0.15) is 11.5 Å². The molecule has 1 heterocycles. The molecule has 2 amide bonds. The van der Waals surface area contributed by atoms with Gasteiger partial charge in [-0.25, -0.2) is 0 Å². The quantitative estimate of drug-likeness (QED) is 0.477. The second-order valence-electron chi connectivity index (χ2n) is 7.18. The first-order chi connectivity index (χ1) is 15.5. The van der Waals surface area contributed by atoms with Gasteiger partial charge in [0.2, 0.25) is 11.8 Å². The molecule has 0 aliphatic carbocycles. The van der Waals surface area contributed by atoms with E-state index < -0.39 is 0 Å². The number of carbonyl (C=O) groups excluding carboxylic acids is 2. The SMILES string of the molecule is COc1ccccc1CN(CC(=O)Nc1cc(NC(C)=O)ccc1OC)Cc1cccs1. The molecular formula is C24H27N3O4S. The number of nitrogens with one attached hydrogen (secondary N) is 2. The Balaban J connectivity index is 1.77. The number of thiophene rings is 1. The lowest BCUT2D eigenvalue weighted by Crippen LogP contribution is -2.32. The van der Waals surface area contributed by atoms with Crippen molar-refractivity contribution in [1.82, 2.24) is 4.90 Å². The summed E-state index contributed by atoms with van der Waals surface area (Å²) in [5.41, 5.74) is 2.08. The van der Waals surface area contributed by atoms with Crippen molar-refractivity contribution in [2.24, 2.45) is 0 Å². The van der Waals surface area contributed by atoms with Crippen LogP contribution in [0.25, 0.3) is 0 Å². The van der Waals surface area contributed by atoms with Gasteiger partial charge >= 0.3 is 0 Å². The lowest BCUT2D eigenvalue weighted by atomic mass is 10.2. The zero-order chi connectivity index (χ0) is 22.9. The van der Waals surface area contributed by atoms with Crippen LogP contribution in [-0.2, 0) is 22.7 Å². The zero-order valence-corrected chi connectivity index (χ0v) is 19.2. The van der Waals surface area contributed by atoms with Crippen molar-refractivity contribution in [3.63, 3.8) is 0 Å². The predicted molar refractivity (Wildman–Crippen MR) is 127 cm³/mol. The molecule has 168 valence electrons. The molecule has 0 spiro atoms. The summed E-state index contributed by atoms with van der Waals surface area (Å²) in [5.74, 6) is 0.928. The molecule has 0 radical (unpaired) electrons. The summed E-state index contributed by atoms with van der Waals surface area (Å²) in [5, 5.41) is 7.65. The van der Waals surface area contributed by atoms with Crippen molar-refractivity contribution in [3.05, 3.63) is 70.4 Å². The van der Waals surface area contributed by atoms with Gasteiger partial charge in [-0.15, -0.1) is 11.3 Å². The summed E-state index contributed by atoms with van der Waals surface area (Å²) in [6, 6.07) is 17.0. The Labute approximate surface area is 192 Å². The summed E-state index contributed by atoms with van der Waals surface area (Å²) in [6.07, 6.45) is 0. The first-order valence-corrected chi connectivity index (χ1v) is 11.0. The first-order valence-electron chi connectivity index (χ1n) is 10.1. The molecule has 0 bridgehead atoms. The molecule has 0 atom stereocenters. The zero-order valence-electron chi connectivity index (χ0n) is 18.4. The van der Waals surface area contributed by atoms with Gasteiger partial charge in [-0.1, -0.05) is 24.3 Å². The molecule has 2 N–H and O–H groups in total. The highest BCUT2D eigenvalue weighted by Crippen LogP contribution is 2.28. The van der Waals surface area contributed by atoms with Crippen LogP contribution in [0.5, 0.6) is 11.5 Å². The van der Waals surface area contributed by atoms with E-state index in [1.807, 2.05) is 35.7 Å². The molecule has 3 rings (SSSR count). The van der Waals surface area contributed by atoms with Crippen LogP contribution in [0.3, 0.4) is 0 Å². The van der Waals surface area contributed by atoms with E-state index in [4.69, 9.17) is 9.47 Å². The minimum Gasteiger partial charge on any atom is -0.496 e. The molecule has 0 saturated carbocycles. The van der Waals surface area contributed by atoms with Gasteiger partial charge in [0.25, 0.3) is 0 Å². The van der Waals surface area contributed by atoms with Gasteiger partial charge in [-0.2, -0.15) is 0 Å². The number of nitrogens with zero attached hydrogens (tertiary/aromatic N) is 1. The number of amides is 2. The van der Waals surface area contributed by atoms with Gasteiger partial charge < -0.3 is 20.1 Å². The molecule has 0 aliphatic rings. The smallest absolute Gasteiger partial charge is 0.238 e. The third-order valence-electron chi connectivity index (χ3n) is 4.71. The maximum absolute atomic E-state index is 13.0. The average Bonchev–Trinajstić information content (AvgIpc) is 3.27. The number of methoxy groups -OCH3 is 2. The molecule has 0 saturated heterocycles. The molecule has 3 aromatic rings. The van der Waals surface area contributed by atoms with Crippen LogP contribution in [0, 0.1) is 0 Å². The van der Waals surface area contributed by atoms with Gasteiger partial charge in [-0.05, 0) is 35.7 Å². The third-order valence-corrected chi connectivity index (χ3v) is 5.57. The van der Waals surface area contributed by atoms with Crippen molar-refractivity contribution in [2.45, 2.75) is 20.0 Å². The van der Waals surface area contributed by atoms with E-state index in [1.165, 1.54) is 14.0 Å². The minimum absolute atomic E-state index is 0.170. The van der Waals surface area contributed by atoms with Crippen LogP contribution in [-0.4, -0.2) is 37.5 Å². The van der Waals surface area contributed by atoms with Gasteiger partial charge in [0, 0.05) is 36.1 Å². The van der Waals surface area contributed by atoms with E-state index in [0.717, 1.165) is 16.2 Å².